The molecule has 1 amide bonds. The molecule has 1 aliphatic rings. The Hall–Kier alpha value is -1.83. The highest BCUT2D eigenvalue weighted by Gasteiger charge is 2.28. The lowest BCUT2D eigenvalue weighted by Crippen LogP contribution is -2.43. The normalized spacial score (nSPS) is 20.5. The molecule has 1 unspecified atom stereocenters. The second-order valence-corrected chi connectivity index (χ2v) is 4.03. The van der Waals surface area contributed by atoms with Crippen LogP contribution in [0.15, 0.2) is 12.5 Å². The molecule has 1 atom stereocenters. The molecule has 0 aromatic carbocycles. The van der Waals surface area contributed by atoms with Crippen molar-refractivity contribution in [3.8, 4) is 6.07 Å². The summed E-state index contributed by atoms with van der Waals surface area (Å²) in [6.07, 6.45) is 5.92. The van der Waals surface area contributed by atoms with Gasteiger partial charge in [-0.05, 0) is 19.3 Å². The number of hydrogen-bond donors (Lipinski definition) is 0. The Balaban J connectivity index is 2.21. The summed E-state index contributed by atoms with van der Waals surface area (Å²) >= 11 is 0. The molecule has 0 radical (unpaired) electrons. The lowest BCUT2D eigenvalue weighted by atomic mass is 10.0. The van der Waals surface area contributed by atoms with Gasteiger partial charge >= 0.3 is 0 Å². The summed E-state index contributed by atoms with van der Waals surface area (Å²) in [5.74, 6) is -0.0914. The van der Waals surface area contributed by atoms with E-state index in [-0.39, 0.29) is 11.9 Å². The number of rotatable bonds is 1. The molecule has 1 aromatic heterocycles. The quantitative estimate of drug-likeness (QED) is 0.704. The molecule has 16 heavy (non-hydrogen) atoms. The highest BCUT2D eigenvalue weighted by Crippen LogP contribution is 2.18. The van der Waals surface area contributed by atoms with Crippen LogP contribution in [0.25, 0.3) is 0 Å². The smallest absolute Gasteiger partial charge is 0.273 e. The fourth-order valence-corrected chi connectivity index (χ4v) is 2.02. The average molecular weight is 218 g/mol. The van der Waals surface area contributed by atoms with Gasteiger partial charge in [0.25, 0.3) is 5.91 Å². The summed E-state index contributed by atoms with van der Waals surface area (Å²) in [5.41, 5.74) is 0.544. The minimum atomic E-state index is -0.281. The number of aryl methyl sites for hydroxylation is 1. The van der Waals surface area contributed by atoms with Crippen LogP contribution in [0.2, 0.25) is 0 Å². The number of carbonyl (C=O) groups is 1. The van der Waals surface area contributed by atoms with Crippen molar-refractivity contribution in [1.82, 2.24) is 14.5 Å². The number of likely N-dealkylation sites (tertiary alicyclic amines) is 1. The van der Waals surface area contributed by atoms with E-state index in [2.05, 4.69) is 11.1 Å². The lowest BCUT2D eigenvalue weighted by Gasteiger charge is -2.31. The minimum Gasteiger partial charge on any atom is -0.330 e. The third kappa shape index (κ3) is 1.78. The van der Waals surface area contributed by atoms with E-state index in [1.807, 2.05) is 0 Å². The maximum Gasteiger partial charge on any atom is 0.273 e. The Morgan fingerprint density at radius 2 is 2.44 bits per heavy atom. The van der Waals surface area contributed by atoms with Gasteiger partial charge in [0.1, 0.15) is 11.7 Å². The van der Waals surface area contributed by atoms with Crippen LogP contribution < -0.4 is 0 Å². The van der Waals surface area contributed by atoms with Crippen LogP contribution >= 0.6 is 0 Å². The highest BCUT2D eigenvalue weighted by molar-refractivity contribution is 5.92. The van der Waals surface area contributed by atoms with Crippen LogP contribution in [0.4, 0.5) is 0 Å². The molecule has 5 nitrogen and oxygen atoms in total. The zero-order valence-electron chi connectivity index (χ0n) is 9.26. The van der Waals surface area contributed by atoms with Crippen molar-refractivity contribution >= 4 is 5.91 Å². The molecule has 1 aromatic rings. The summed E-state index contributed by atoms with van der Waals surface area (Å²) < 4.78 is 1.69. The average Bonchev–Trinajstić information content (AvgIpc) is 2.74. The van der Waals surface area contributed by atoms with Crippen molar-refractivity contribution in [2.24, 2.45) is 7.05 Å². The van der Waals surface area contributed by atoms with Gasteiger partial charge in [-0.25, -0.2) is 4.98 Å². The van der Waals surface area contributed by atoms with Crippen LogP contribution in [0.5, 0.6) is 0 Å². The predicted octanol–water partition coefficient (Wildman–Crippen LogP) is 0.938. The molecule has 5 heteroatoms. The molecule has 0 spiro atoms. The molecule has 2 rings (SSSR count). The fraction of sp³-hybridized carbons (Fsp3) is 0.545. The van der Waals surface area contributed by atoms with Crippen molar-refractivity contribution in [2.45, 2.75) is 25.3 Å². The van der Waals surface area contributed by atoms with Crippen LogP contribution in [0, 0.1) is 11.3 Å². The van der Waals surface area contributed by atoms with E-state index in [1.165, 1.54) is 0 Å². The number of amides is 1. The molecule has 1 fully saturated rings. The standard InChI is InChI=1S/C11H14N4O/c1-14-8-13-7-10(14)11(16)15-5-3-2-4-9(15)6-12/h7-9H,2-5H2,1H3. The van der Waals surface area contributed by atoms with Crippen LogP contribution in [-0.4, -0.2) is 32.9 Å². The maximum absolute atomic E-state index is 12.2. The predicted molar refractivity (Wildman–Crippen MR) is 57.5 cm³/mol. The van der Waals surface area contributed by atoms with E-state index in [0.29, 0.717) is 12.2 Å². The van der Waals surface area contributed by atoms with Crippen molar-refractivity contribution in [3.63, 3.8) is 0 Å². The van der Waals surface area contributed by atoms with Gasteiger partial charge in [0.15, 0.2) is 0 Å². The molecule has 1 saturated heterocycles. The number of nitriles is 1. The van der Waals surface area contributed by atoms with E-state index in [9.17, 15) is 4.79 Å². The minimum absolute atomic E-state index is 0.0914. The van der Waals surface area contributed by atoms with E-state index >= 15 is 0 Å². The highest BCUT2D eigenvalue weighted by atomic mass is 16.2. The molecule has 0 bridgehead atoms. The summed E-state index contributed by atoms with van der Waals surface area (Å²) in [4.78, 5) is 17.7. The first-order chi connectivity index (χ1) is 7.74. The van der Waals surface area contributed by atoms with Gasteiger partial charge in [-0.15, -0.1) is 0 Å². The maximum atomic E-state index is 12.2. The number of hydrogen-bond acceptors (Lipinski definition) is 3. The first-order valence-electron chi connectivity index (χ1n) is 5.41. The van der Waals surface area contributed by atoms with E-state index in [4.69, 9.17) is 5.26 Å². The third-order valence-corrected chi connectivity index (χ3v) is 2.95. The zero-order valence-corrected chi connectivity index (χ0v) is 9.26. The van der Waals surface area contributed by atoms with E-state index in [0.717, 1.165) is 19.3 Å². The van der Waals surface area contributed by atoms with Gasteiger partial charge < -0.3 is 9.47 Å². The molecule has 84 valence electrons. The SMILES string of the molecule is Cn1cncc1C(=O)N1CCCCC1C#N. The molecule has 0 aliphatic carbocycles. The van der Waals surface area contributed by atoms with Gasteiger partial charge in [-0.1, -0.05) is 0 Å². The number of piperidine rings is 1. The van der Waals surface area contributed by atoms with Crippen molar-refractivity contribution < 1.29 is 4.79 Å². The number of carbonyl (C=O) groups excluding carboxylic acids is 1. The number of nitrogens with zero attached hydrogens (tertiary/aromatic N) is 4. The van der Waals surface area contributed by atoms with Crippen LogP contribution in [0.1, 0.15) is 29.8 Å². The Morgan fingerprint density at radius 1 is 1.62 bits per heavy atom. The second kappa shape index (κ2) is 4.35. The van der Waals surface area contributed by atoms with E-state index in [1.54, 1.807) is 29.0 Å². The molecule has 1 aliphatic heterocycles. The van der Waals surface area contributed by atoms with Gasteiger partial charge in [0, 0.05) is 13.6 Å². The summed E-state index contributed by atoms with van der Waals surface area (Å²) in [6, 6.07) is 1.91. The second-order valence-electron chi connectivity index (χ2n) is 4.03. The van der Waals surface area contributed by atoms with Gasteiger partial charge in [-0.3, -0.25) is 4.79 Å². The van der Waals surface area contributed by atoms with Gasteiger partial charge in [0.2, 0.25) is 0 Å². The Bertz CT molecular complexity index is 431. The van der Waals surface area contributed by atoms with Crippen molar-refractivity contribution in [3.05, 3.63) is 18.2 Å². The Morgan fingerprint density at radius 3 is 3.06 bits per heavy atom. The monoisotopic (exact) mass is 218 g/mol. The van der Waals surface area contributed by atoms with Crippen molar-refractivity contribution in [1.29, 1.82) is 5.26 Å². The van der Waals surface area contributed by atoms with Gasteiger partial charge in [-0.2, -0.15) is 5.26 Å². The molecular formula is C11H14N4O. The third-order valence-electron chi connectivity index (χ3n) is 2.95. The molecule has 0 saturated carbocycles. The molecular weight excluding hydrogens is 204 g/mol. The number of aromatic nitrogens is 2. The van der Waals surface area contributed by atoms with Gasteiger partial charge in [0.05, 0.1) is 18.6 Å². The molecule has 2 heterocycles. The topological polar surface area (TPSA) is 61.9 Å². The zero-order chi connectivity index (χ0) is 11.5. The van der Waals surface area contributed by atoms with Crippen LogP contribution in [-0.2, 0) is 7.05 Å². The summed E-state index contributed by atoms with van der Waals surface area (Å²) in [7, 11) is 1.78. The Kier molecular flexibility index (Phi) is 2.91. The number of imidazole rings is 1. The largest absolute Gasteiger partial charge is 0.330 e. The molecule has 0 N–H and O–H groups in total. The fourth-order valence-electron chi connectivity index (χ4n) is 2.02. The first kappa shape index (κ1) is 10.7. The lowest BCUT2D eigenvalue weighted by molar-refractivity contribution is 0.0660. The van der Waals surface area contributed by atoms with E-state index < -0.39 is 0 Å². The van der Waals surface area contributed by atoms with Crippen molar-refractivity contribution in [2.75, 3.05) is 6.54 Å². The summed E-state index contributed by atoms with van der Waals surface area (Å²) in [5, 5.41) is 9.01. The summed E-state index contributed by atoms with van der Waals surface area (Å²) in [6.45, 7) is 0.669. The Labute approximate surface area is 94.3 Å². The first-order valence-corrected chi connectivity index (χ1v) is 5.41. The van der Waals surface area contributed by atoms with Crippen LogP contribution in [0.3, 0.4) is 0 Å².